The lowest BCUT2D eigenvalue weighted by Gasteiger charge is -2.30. The van der Waals surface area contributed by atoms with Crippen LogP contribution >= 0.6 is 11.3 Å². The molecule has 4 nitrogen and oxygen atoms in total. The molecule has 0 radical (unpaired) electrons. The highest BCUT2D eigenvalue weighted by atomic mass is 32.1. The zero-order valence-electron chi connectivity index (χ0n) is 10.6. The lowest BCUT2D eigenvalue weighted by Crippen LogP contribution is -2.43. The predicted octanol–water partition coefficient (Wildman–Crippen LogP) is 2.87. The molecular formula is C12H19NO3S. The molecule has 1 heterocycles. The first-order valence-corrected chi connectivity index (χ1v) is 6.44. The highest BCUT2D eigenvalue weighted by molar-refractivity contribution is 7.08. The van der Waals surface area contributed by atoms with Crippen molar-refractivity contribution in [3.05, 3.63) is 16.8 Å². The zero-order valence-corrected chi connectivity index (χ0v) is 11.5. The maximum absolute atomic E-state index is 12.1. The SMILES string of the molecule is C[C@@H](CO)N(C(=O)OC(C)(C)C)c1ccsc1. The Bertz CT molecular complexity index is 356. The van der Waals surface area contributed by atoms with E-state index in [9.17, 15) is 9.90 Å². The maximum Gasteiger partial charge on any atom is 0.415 e. The molecule has 0 bridgehead atoms. The molecule has 0 unspecified atom stereocenters. The molecule has 0 fully saturated rings. The maximum atomic E-state index is 12.1. The molecule has 1 N–H and O–H groups in total. The van der Waals surface area contributed by atoms with Gasteiger partial charge in [0, 0.05) is 5.38 Å². The molecule has 17 heavy (non-hydrogen) atoms. The number of hydrogen-bond donors (Lipinski definition) is 1. The minimum atomic E-state index is -0.541. The predicted molar refractivity (Wildman–Crippen MR) is 69.6 cm³/mol. The van der Waals surface area contributed by atoms with Gasteiger partial charge in [0.15, 0.2) is 0 Å². The van der Waals surface area contributed by atoms with Gasteiger partial charge in [-0.1, -0.05) is 0 Å². The summed E-state index contributed by atoms with van der Waals surface area (Å²) in [5, 5.41) is 12.9. The third-order valence-electron chi connectivity index (χ3n) is 2.08. The van der Waals surface area contributed by atoms with Crippen LogP contribution in [0.3, 0.4) is 0 Å². The van der Waals surface area contributed by atoms with Gasteiger partial charge in [-0.15, -0.1) is 0 Å². The number of anilines is 1. The number of aliphatic hydroxyl groups excluding tert-OH is 1. The van der Waals surface area contributed by atoms with Crippen LogP contribution in [0.4, 0.5) is 10.5 Å². The van der Waals surface area contributed by atoms with E-state index in [2.05, 4.69) is 0 Å². The van der Waals surface area contributed by atoms with Crippen LogP contribution in [0.5, 0.6) is 0 Å². The zero-order chi connectivity index (χ0) is 13.1. The van der Waals surface area contributed by atoms with Crippen LogP contribution in [0.2, 0.25) is 0 Å². The van der Waals surface area contributed by atoms with E-state index >= 15 is 0 Å². The first-order valence-electron chi connectivity index (χ1n) is 5.50. The molecule has 0 saturated carbocycles. The molecule has 0 aliphatic rings. The molecule has 1 aromatic rings. The number of thiophene rings is 1. The van der Waals surface area contributed by atoms with Gasteiger partial charge in [0.2, 0.25) is 0 Å². The van der Waals surface area contributed by atoms with Crippen LogP contribution in [-0.4, -0.2) is 29.4 Å². The second-order valence-corrected chi connectivity index (χ2v) is 5.64. The Balaban J connectivity index is 2.88. The van der Waals surface area contributed by atoms with Crippen molar-refractivity contribution in [3.8, 4) is 0 Å². The van der Waals surface area contributed by atoms with Crippen LogP contribution in [0.15, 0.2) is 16.8 Å². The van der Waals surface area contributed by atoms with Crippen LogP contribution in [-0.2, 0) is 4.74 Å². The van der Waals surface area contributed by atoms with Crippen LogP contribution in [0.1, 0.15) is 27.7 Å². The second kappa shape index (κ2) is 5.51. The average Bonchev–Trinajstić information content (AvgIpc) is 2.68. The summed E-state index contributed by atoms with van der Waals surface area (Å²) in [6, 6.07) is 1.53. The summed E-state index contributed by atoms with van der Waals surface area (Å²) in [6.45, 7) is 7.14. The van der Waals surface area contributed by atoms with E-state index in [-0.39, 0.29) is 12.6 Å². The highest BCUT2D eigenvalue weighted by Gasteiger charge is 2.27. The van der Waals surface area contributed by atoms with Crippen molar-refractivity contribution in [1.82, 2.24) is 0 Å². The quantitative estimate of drug-likeness (QED) is 0.905. The minimum Gasteiger partial charge on any atom is -0.443 e. The molecule has 1 amide bonds. The lowest BCUT2D eigenvalue weighted by molar-refractivity contribution is 0.0555. The van der Waals surface area contributed by atoms with Crippen molar-refractivity contribution in [2.24, 2.45) is 0 Å². The number of nitrogens with zero attached hydrogens (tertiary/aromatic N) is 1. The molecule has 1 rings (SSSR count). The summed E-state index contributed by atoms with van der Waals surface area (Å²) in [7, 11) is 0. The van der Waals surface area contributed by atoms with Gasteiger partial charge in [-0.2, -0.15) is 11.3 Å². The minimum absolute atomic E-state index is 0.102. The highest BCUT2D eigenvalue weighted by Crippen LogP contribution is 2.23. The summed E-state index contributed by atoms with van der Waals surface area (Å²) in [4.78, 5) is 13.5. The van der Waals surface area contributed by atoms with E-state index in [1.165, 1.54) is 16.2 Å². The summed E-state index contributed by atoms with van der Waals surface area (Å²) in [6.07, 6.45) is -0.433. The topological polar surface area (TPSA) is 49.8 Å². The van der Waals surface area contributed by atoms with E-state index in [0.29, 0.717) is 0 Å². The third kappa shape index (κ3) is 4.02. The van der Waals surface area contributed by atoms with E-state index in [4.69, 9.17) is 4.74 Å². The molecule has 5 heteroatoms. The number of ether oxygens (including phenoxy) is 1. The first-order chi connectivity index (χ1) is 7.85. The van der Waals surface area contributed by atoms with E-state index in [0.717, 1.165) is 5.69 Å². The Morgan fingerprint density at radius 3 is 2.65 bits per heavy atom. The number of carbonyl (C=O) groups excluding carboxylic acids is 1. The second-order valence-electron chi connectivity index (χ2n) is 4.86. The Hall–Kier alpha value is -1.07. The standard InChI is InChI=1S/C12H19NO3S/c1-9(7-14)13(10-5-6-17-8-10)11(15)16-12(2,3)4/h5-6,8-9,14H,7H2,1-4H3/t9-/m0/s1. The van der Waals surface area contributed by atoms with Gasteiger partial charge >= 0.3 is 6.09 Å². The largest absolute Gasteiger partial charge is 0.443 e. The van der Waals surface area contributed by atoms with Gasteiger partial charge in [0.05, 0.1) is 18.3 Å². The third-order valence-corrected chi connectivity index (χ3v) is 2.75. The molecular weight excluding hydrogens is 238 g/mol. The van der Waals surface area contributed by atoms with Crippen molar-refractivity contribution < 1.29 is 14.6 Å². The number of carbonyl (C=O) groups is 1. The van der Waals surface area contributed by atoms with Crippen molar-refractivity contribution in [3.63, 3.8) is 0 Å². The molecule has 1 aromatic heterocycles. The summed E-state index contributed by atoms with van der Waals surface area (Å²) in [5.41, 5.74) is 0.214. The van der Waals surface area contributed by atoms with Gasteiger partial charge in [-0.25, -0.2) is 4.79 Å². The molecule has 0 aliphatic carbocycles. The van der Waals surface area contributed by atoms with Gasteiger partial charge < -0.3 is 9.84 Å². The number of aliphatic hydroxyl groups is 1. The normalized spacial score (nSPS) is 13.2. The lowest BCUT2D eigenvalue weighted by atomic mass is 10.2. The number of amides is 1. The molecule has 0 saturated heterocycles. The fraction of sp³-hybridized carbons (Fsp3) is 0.583. The summed E-state index contributed by atoms with van der Waals surface area (Å²) < 4.78 is 5.33. The van der Waals surface area contributed by atoms with E-state index in [1.807, 2.05) is 37.6 Å². The molecule has 96 valence electrons. The molecule has 0 aromatic carbocycles. The van der Waals surface area contributed by atoms with Crippen LogP contribution in [0.25, 0.3) is 0 Å². The Morgan fingerprint density at radius 1 is 1.59 bits per heavy atom. The van der Waals surface area contributed by atoms with E-state index in [1.54, 1.807) is 6.92 Å². The van der Waals surface area contributed by atoms with Gasteiger partial charge in [-0.05, 0) is 39.1 Å². The number of hydrogen-bond acceptors (Lipinski definition) is 4. The Morgan fingerprint density at radius 2 is 2.24 bits per heavy atom. The van der Waals surface area contributed by atoms with Crippen LogP contribution in [0, 0.1) is 0 Å². The fourth-order valence-electron chi connectivity index (χ4n) is 1.33. The number of rotatable bonds is 3. The monoisotopic (exact) mass is 257 g/mol. The molecule has 1 atom stereocenters. The summed E-state index contributed by atoms with van der Waals surface area (Å²) in [5.74, 6) is 0. The molecule has 0 aliphatic heterocycles. The fourth-order valence-corrected chi connectivity index (χ4v) is 1.96. The van der Waals surface area contributed by atoms with Crippen molar-refractivity contribution >= 4 is 23.1 Å². The van der Waals surface area contributed by atoms with E-state index < -0.39 is 11.7 Å². The smallest absolute Gasteiger partial charge is 0.415 e. The van der Waals surface area contributed by atoms with Gasteiger partial charge in [-0.3, -0.25) is 4.90 Å². The Kier molecular flexibility index (Phi) is 4.54. The van der Waals surface area contributed by atoms with Gasteiger partial charge in [0.25, 0.3) is 0 Å². The van der Waals surface area contributed by atoms with Gasteiger partial charge in [0.1, 0.15) is 5.60 Å². The average molecular weight is 257 g/mol. The Labute approximate surface area is 106 Å². The van der Waals surface area contributed by atoms with Crippen molar-refractivity contribution in [2.45, 2.75) is 39.3 Å². The first kappa shape index (κ1) is 14.0. The molecule has 0 spiro atoms. The van der Waals surface area contributed by atoms with Crippen molar-refractivity contribution in [2.75, 3.05) is 11.5 Å². The van der Waals surface area contributed by atoms with Crippen LogP contribution < -0.4 is 4.90 Å². The summed E-state index contributed by atoms with van der Waals surface area (Å²) >= 11 is 1.50. The van der Waals surface area contributed by atoms with Crippen molar-refractivity contribution in [1.29, 1.82) is 0 Å².